The van der Waals surface area contributed by atoms with Crippen LogP contribution in [0.25, 0.3) is 31.7 Å². The molecule has 0 N–H and O–H groups in total. The number of aryl methyl sites for hydroxylation is 2. The van der Waals surface area contributed by atoms with Crippen molar-refractivity contribution in [3.8, 4) is 21.6 Å². The second kappa shape index (κ2) is 21.4. The van der Waals surface area contributed by atoms with Crippen molar-refractivity contribution in [1.29, 1.82) is 0 Å². The molecule has 4 rings (SSSR count). The van der Waals surface area contributed by atoms with Gasteiger partial charge in [0, 0.05) is 9.58 Å². The lowest BCUT2D eigenvalue weighted by atomic mass is 9.99. The Bertz CT molecular complexity index is 1310. The predicted molar refractivity (Wildman–Crippen MR) is 204 cm³/mol. The molecule has 1 aromatic heterocycles. The van der Waals surface area contributed by atoms with Gasteiger partial charge in [0.15, 0.2) is 0 Å². The molecular weight excluding hydrogens is 561 g/mol. The zero-order valence-corrected chi connectivity index (χ0v) is 29.7. The van der Waals surface area contributed by atoms with Crippen molar-refractivity contribution in [1.82, 2.24) is 0 Å². The second-order valence-electron chi connectivity index (χ2n) is 13.6. The van der Waals surface area contributed by atoms with Gasteiger partial charge in [-0.1, -0.05) is 196 Å². The van der Waals surface area contributed by atoms with Crippen LogP contribution in [-0.4, -0.2) is 0 Å². The minimum atomic E-state index is 1.21. The van der Waals surface area contributed by atoms with Crippen LogP contribution >= 0.6 is 11.3 Å². The first-order valence-corrected chi connectivity index (χ1v) is 19.8. The van der Waals surface area contributed by atoms with Crippen LogP contribution in [-0.2, 0) is 12.8 Å². The number of hydrogen-bond acceptors (Lipinski definition) is 1. The molecule has 4 aromatic rings. The molecule has 0 fully saturated rings. The summed E-state index contributed by atoms with van der Waals surface area (Å²) in [5, 5.41) is 1.36. The highest BCUT2D eigenvalue weighted by molar-refractivity contribution is 7.22. The fourth-order valence-corrected chi connectivity index (χ4v) is 7.95. The van der Waals surface area contributed by atoms with Gasteiger partial charge in [-0.25, -0.2) is 0 Å². The first kappa shape index (κ1) is 35.5. The molecule has 0 radical (unpaired) electrons. The highest BCUT2D eigenvalue weighted by Gasteiger charge is 2.10. The van der Waals surface area contributed by atoms with Gasteiger partial charge in [0.2, 0.25) is 0 Å². The zero-order valence-electron chi connectivity index (χ0n) is 28.9. The lowest BCUT2D eigenvalue weighted by Crippen LogP contribution is -1.87. The van der Waals surface area contributed by atoms with E-state index in [9.17, 15) is 0 Å². The van der Waals surface area contributed by atoms with E-state index in [1.54, 1.807) is 0 Å². The summed E-state index contributed by atoms with van der Waals surface area (Å²) >= 11 is 1.95. The van der Waals surface area contributed by atoms with Gasteiger partial charge in [-0.2, -0.15) is 0 Å². The van der Waals surface area contributed by atoms with E-state index >= 15 is 0 Å². The number of hydrogen-bond donors (Lipinski definition) is 0. The molecule has 45 heavy (non-hydrogen) atoms. The molecule has 0 bridgehead atoms. The van der Waals surface area contributed by atoms with E-state index in [4.69, 9.17) is 0 Å². The van der Waals surface area contributed by atoms with E-state index in [0.29, 0.717) is 0 Å². The van der Waals surface area contributed by atoms with E-state index in [0.717, 1.165) is 0 Å². The Kier molecular flexibility index (Phi) is 16.9. The second-order valence-corrected chi connectivity index (χ2v) is 14.6. The van der Waals surface area contributed by atoms with Crippen molar-refractivity contribution in [2.75, 3.05) is 0 Å². The molecule has 0 aliphatic carbocycles. The molecule has 0 unspecified atom stereocenters. The van der Waals surface area contributed by atoms with Crippen molar-refractivity contribution in [3.05, 3.63) is 83.9 Å². The lowest BCUT2D eigenvalue weighted by Gasteiger charge is -2.06. The molecule has 0 saturated heterocycles. The van der Waals surface area contributed by atoms with Crippen LogP contribution in [0.1, 0.15) is 153 Å². The summed E-state index contributed by atoms with van der Waals surface area (Å²) in [5.74, 6) is 0. The Morgan fingerprint density at radius 2 is 0.844 bits per heavy atom. The number of rotatable bonds is 24. The van der Waals surface area contributed by atoms with Gasteiger partial charge >= 0.3 is 0 Å². The normalized spacial score (nSPS) is 11.5. The number of fused-ring (bicyclic) bond motifs is 1. The van der Waals surface area contributed by atoms with Crippen LogP contribution in [0.5, 0.6) is 0 Å². The SMILES string of the molecule is CCCCCCCCCCCCc1ccc(-c2cc3cccc(-c4ccc(CCCCCCCCCCCC)cc4)c3s2)cc1. The molecule has 0 atom stereocenters. The highest BCUT2D eigenvalue weighted by atomic mass is 32.1. The van der Waals surface area contributed by atoms with Gasteiger partial charge in [0.05, 0.1) is 0 Å². The molecule has 3 aromatic carbocycles. The Morgan fingerprint density at radius 3 is 1.31 bits per heavy atom. The van der Waals surface area contributed by atoms with Gasteiger partial charge in [-0.3, -0.25) is 0 Å². The number of unbranched alkanes of at least 4 members (excludes halogenated alkanes) is 18. The molecule has 0 amide bonds. The van der Waals surface area contributed by atoms with Crippen molar-refractivity contribution in [2.45, 2.75) is 155 Å². The third-order valence-corrected chi connectivity index (χ3v) is 10.9. The highest BCUT2D eigenvalue weighted by Crippen LogP contribution is 2.39. The van der Waals surface area contributed by atoms with E-state index in [1.807, 2.05) is 11.3 Å². The van der Waals surface area contributed by atoms with Crippen molar-refractivity contribution >= 4 is 21.4 Å². The third-order valence-electron chi connectivity index (χ3n) is 9.69. The van der Waals surface area contributed by atoms with Gasteiger partial charge < -0.3 is 0 Å². The monoisotopic (exact) mass is 622 g/mol. The standard InChI is InChI=1S/C44H62S/c1-3-5-7-9-11-13-15-17-19-21-24-37-28-32-39(33-29-37)42-27-23-26-41-36-43(45-44(41)42)40-34-30-38(31-35-40)25-22-20-18-16-14-12-10-8-6-4-2/h23,26-36H,3-22,24-25H2,1-2H3. The van der Waals surface area contributed by atoms with Crippen molar-refractivity contribution < 1.29 is 0 Å². The summed E-state index contributed by atoms with van der Waals surface area (Å²) in [7, 11) is 0. The quantitative estimate of drug-likeness (QED) is 0.0682. The Labute approximate surface area is 281 Å². The fraction of sp³-hybridized carbons (Fsp3) is 0.545. The topological polar surface area (TPSA) is 0 Å². The molecule has 0 aliphatic rings. The minimum absolute atomic E-state index is 1.21. The molecule has 0 saturated carbocycles. The molecular formula is C44H62S. The van der Waals surface area contributed by atoms with Crippen LogP contribution in [0.4, 0.5) is 0 Å². The minimum Gasteiger partial charge on any atom is -0.135 e. The summed E-state index contributed by atoms with van der Waals surface area (Å²) < 4.78 is 1.41. The lowest BCUT2D eigenvalue weighted by molar-refractivity contribution is 0.556. The van der Waals surface area contributed by atoms with Crippen LogP contribution in [0.15, 0.2) is 72.8 Å². The number of thiophene rings is 1. The van der Waals surface area contributed by atoms with Crippen LogP contribution in [0.3, 0.4) is 0 Å². The Morgan fingerprint density at radius 1 is 0.422 bits per heavy atom. The third kappa shape index (κ3) is 12.7. The molecule has 244 valence electrons. The van der Waals surface area contributed by atoms with E-state index in [1.165, 1.54) is 184 Å². The zero-order chi connectivity index (χ0) is 31.4. The molecule has 0 nitrogen and oxygen atoms in total. The average Bonchev–Trinajstić information content (AvgIpc) is 3.52. The van der Waals surface area contributed by atoms with Crippen LogP contribution < -0.4 is 0 Å². The van der Waals surface area contributed by atoms with Crippen LogP contribution in [0, 0.1) is 0 Å². The van der Waals surface area contributed by atoms with Crippen LogP contribution in [0.2, 0.25) is 0 Å². The van der Waals surface area contributed by atoms with Gasteiger partial charge in [0.25, 0.3) is 0 Å². The summed E-state index contributed by atoms with van der Waals surface area (Å²) in [6.45, 7) is 4.60. The average molecular weight is 623 g/mol. The molecule has 1 heteroatoms. The summed E-state index contributed by atoms with van der Waals surface area (Å²) in [6, 6.07) is 28.0. The van der Waals surface area contributed by atoms with E-state index in [2.05, 4.69) is 86.6 Å². The van der Waals surface area contributed by atoms with Gasteiger partial charge in [-0.05, 0) is 65.0 Å². The fourth-order valence-electron chi connectivity index (χ4n) is 6.75. The maximum absolute atomic E-state index is 2.39. The van der Waals surface area contributed by atoms with Crippen molar-refractivity contribution in [3.63, 3.8) is 0 Å². The molecule has 0 spiro atoms. The van der Waals surface area contributed by atoms with Gasteiger partial charge in [0.1, 0.15) is 0 Å². The first-order valence-electron chi connectivity index (χ1n) is 19.0. The molecule has 0 aliphatic heterocycles. The predicted octanol–water partition coefficient (Wildman–Crippen LogP) is 15.2. The summed E-state index contributed by atoms with van der Waals surface area (Å²) in [5.41, 5.74) is 7.02. The Hall–Kier alpha value is -2.38. The smallest absolute Gasteiger partial charge is 0.0427 e. The number of benzene rings is 3. The van der Waals surface area contributed by atoms with Crippen molar-refractivity contribution in [2.24, 2.45) is 0 Å². The summed E-state index contributed by atoms with van der Waals surface area (Å²) in [4.78, 5) is 1.38. The maximum atomic E-state index is 2.39. The van der Waals surface area contributed by atoms with E-state index in [-0.39, 0.29) is 0 Å². The first-order chi connectivity index (χ1) is 22.3. The largest absolute Gasteiger partial charge is 0.135 e. The summed E-state index contributed by atoms with van der Waals surface area (Å²) in [6.07, 6.45) is 30.4. The van der Waals surface area contributed by atoms with Gasteiger partial charge in [-0.15, -0.1) is 11.3 Å². The Balaban J connectivity index is 1.20. The molecule has 1 heterocycles. The maximum Gasteiger partial charge on any atom is 0.0427 e. The van der Waals surface area contributed by atoms with E-state index < -0.39 is 0 Å².